The van der Waals surface area contributed by atoms with Crippen LogP contribution in [0.3, 0.4) is 0 Å². The lowest BCUT2D eigenvalue weighted by Crippen LogP contribution is -2.44. The van der Waals surface area contributed by atoms with Gasteiger partial charge < -0.3 is 19.4 Å². The van der Waals surface area contributed by atoms with Gasteiger partial charge in [-0.3, -0.25) is 4.98 Å². The minimum absolute atomic E-state index is 0.395. The first kappa shape index (κ1) is 20.7. The summed E-state index contributed by atoms with van der Waals surface area (Å²) >= 11 is 0. The lowest BCUT2D eigenvalue weighted by Gasteiger charge is -2.32. The lowest BCUT2D eigenvalue weighted by molar-refractivity contribution is 0.00578. The second-order valence-corrected chi connectivity index (χ2v) is 9.32. The molecule has 144 valence electrons. The summed E-state index contributed by atoms with van der Waals surface area (Å²) in [5.41, 5.74) is -0.434. The van der Waals surface area contributed by atoms with Crippen LogP contribution in [0, 0.1) is 0 Å². The van der Waals surface area contributed by atoms with Crippen LogP contribution in [0.1, 0.15) is 68.0 Å². The molecule has 1 aromatic heterocycles. The summed E-state index contributed by atoms with van der Waals surface area (Å²) in [7, 11) is -0.455. The van der Waals surface area contributed by atoms with Crippen molar-refractivity contribution in [2.45, 2.75) is 84.7 Å². The van der Waals surface area contributed by atoms with E-state index in [2.05, 4.69) is 10.3 Å². The van der Waals surface area contributed by atoms with Gasteiger partial charge in [-0.25, -0.2) is 4.79 Å². The highest BCUT2D eigenvalue weighted by atomic mass is 16.7. The molecule has 0 radical (unpaired) electrons. The van der Waals surface area contributed by atoms with E-state index in [-0.39, 0.29) is 0 Å². The fourth-order valence-corrected chi connectivity index (χ4v) is 2.52. The number of hydrogen-bond donors (Lipinski definition) is 1. The Bertz CT molecular complexity index is 647. The predicted molar refractivity (Wildman–Crippen MR) is 102 cm³/mol. The highest BCUT2D eigenvalue weighted by Crippen LogP contribution is 2.36. The van der Waals surface area contributed by atoms with Gasteiger partial charge in [0.15, 0.2) is 0 Å². The number of ether oxygens (including phenoxy) is 1. The molecular weight excluding hydrogens is 331 g/mol. The quantitative estimate of drug-likeness (QED) is 0.837. The van der Waals surface area contributed by atoms with Gasteiger partial charge in [-0.1, -0.05) is 6.07 Å². The summed E-state index contributed by atoms with van der Waals surface area (Å²) in [4.78, 5) is 16.6. The summed E-state index contributed by atoms with van der Waals surface area (Å²) < 4.78 is 17.4. The molecule has 1 saturated heterocycles. The van der Waals surface area contributed by atoms with Crippen LogP contribution in [0.15, 0.2) is 18.3 Å². The van der Waals surface area contributed by atoms with Gasteiger partial charge in [-0.15, -0.1) is 0 Å². The van der Waals surface area contributed by atoms with Gasteiger partial charge in [-0.05, 0) is 68.4 Å². The maximum absolute atomic E-state index is 12.1. The first-order chi connectivity index (χ1) is 11.6. The van der Waals surface area contributed by atoms with E-state index >= 15 is 0 Å². The molecule has 0 unspecified atom stereocenters. The minimum atomic E-state index is -0.670. The molecule has 0 bridgehead atoms. The van der Waals surface area contributed by atoms with Crippen molar-refractivity contribution in [2.75, 3.05) is 0 Å². The molecule has 0 aromatic carbocycles. The summed E-state index contributed by atoms with van der Waals surface area (Å²) in [6.45, 7) is 17.3. The Hall–Kier alpha value is -1.60. The Morgan fingerprint density at radius 3 is 2.04 bits per heavy atom. The maximum atomic E-state index is 12.1. The fraction of sp³-hybridized carbons (Fsp3) is 0.684. The van der Waals surface area contributed by atoms with Crippen LogP contribution in [0.4, 0.5) is 4.79 Å². The molecule has 1 fully saturated rings. The lowest BCUT2D eigenvalue weighted by atomic mass is 9.80. The van der Waals surface area contributed by atoms with Crippen LogP contribution < -0.4 is 10.8 Å². The van der Waals surface area contributed by atoms with Gasteiger partial charge >= 0.3 is 13.2 Å². The predicted octanol–water partition coefficient (Wildman–Crippen LogP) is 3.14. The number of hydrogen-bond acceptors (Lipinski definition) is 5. The van der Waals surface area contributed by atoms with E-state index in [1.807, 2.05) is 74.4 Å². The van der Waals surface area contributed by atoms with Crippen molar-refractivity contribution in [3.63, 3.8) is 0 Å². The SMILES string of the molecule is CC(C)(C)OC(=O)NC(C)(C)c1ccc(B2OC(C)(C)C(C)(C)O2)cn1. The molecule has 0 atom stereocenters. The van der Waals surface area contributed by atoms with Crippen molar-refractivity contribution in [2.24, 2.45) is 0 Å². The van der Waals surface area contributed by atoms with Crippen molar-refractivity contribution >= 4 is 18.7 Å². The number of pyridine rings is 1. The zero-order chi connectivity index (χ0) is 20.0. The van der Waals surface area contributed by atoms with Crippen molar-refractivity contribution < 1.29 is 18.8 Å². The number of carbonyl (C=O) groups excluding carboxylic acids is 1. The second-order valence-electron chi connectivity index (χ2n) is 9.32. The van der Waals surface area contributed by atoms with Crippen molar-refractivity contribution in [3.8, 4) is 0 Å². The molecule has 1 aromatic rings. The first-order valence-corrected chi connectivity index (χ1v) is 8.96. The van der Waals surface area contributed by atoms with Gasteiger partial charge in [0.05, 0.1) is 22.4 Å². The average Bonchev–Trinajstić information content (AvgIpc) is 2.65. The first-order valence-electron chi connectivity index (χ1n) is 8.96. The van der Waals surface area contributed by atoms with E-state index in [0.29, 0.717) is 0 Å². The molecule has 7 heteroatoms. The molecule has 0 saturated carbocycles. The number of alkyl carbamates (subject to hydrolysis) is 1. The Labute approximate surface area is 157 Å². The third-order valence-electron chi connectivity index (χ3n) is 4.77. The third kappa shape index (κ3) is 4.57. The fourth-order valence-electron chi connectivity index (χ4n) is 2.52. The van der Waals surface area contributed by atoms with Crippen LogP contribution in [-0.4, -0.2) is 35.0 Å². The van der Waals surface area contributed by atoms with Gasteiger partial charge in [0.2, 0.25) is 0 Å². The number of nitrogens with zero attached hydrogens (tertiary/aromatic N) is 1. The number of rotatable bonds is 3. The molecule has 1 amide bonds. The molecule has 26 heavy (non-hydrogen) atoms. The van der Waals surface area contributed by atoms with Crippen LogP contribution >= 0.6 is 0 Å². The number of nitrogens with one attached hydrogen (secondary N) is 1. The molecule has 2 heterocycles. The van der Waals surface area contributed by atoms with Gasteiger partial charge in [0, 0.05) is 11.7 Å². The zero-order valence-electron chi connectivity index (χ0n) is 17.4. The molecule has 1 aliphatic rings. The number of aromatic nitrogens is 1. The molecule has 0 spiro atoms. The monoisotopic (exact) mass is 362 g/mol. The zero-order valence-corrected chi connectivity index (χ0v) is 17.4. The Morgan fingerprint density at radius 2 is 1.62 bits per heavy atom. The van der Waals surface area contributed by atoms with E-state index in [4.69, 9.17) is 14.0 Å². The molecule has 2 rings (SSSR count). The van der Waals surface area contributed by atoms with E-state index < -0.39 is 35.6 Å². The van der Waals surface area contributed by atoms with Crippen molar-refractivity contribution in [1.29, 1.82) is 0 Å². The molecule has 1 N–H and O–H groups in total. The highest BCUT2D eigenvalue weighted by Gasteiger charge is 2.51. The Morgan fingerprint density at radius 1 is 1.08 bits per heavy atom. The van der Waals surface area contributed by atoms with Gasteiger partial charge in [0.25, 0.3) is 0 Å². The van der Waals surface area contributed by atoms with Gasteiger partial charge in [0.1, 0.15) is 5.60 Å². The molecular formula is C19H31BN2O4. The van der Waals surface area contributed by atoms with E-state index in [1.165, 1.54) is 0 Å². The van der Waals surface area contributed by atoms with Crippen molar-refractivity contribution in [3.05, 3.63) is 24.0 Å². The summed E-state index contributed by atoms with van der Waals surface area (Å²) in [6.07, 6.45) is 1.26. The number of carbonyl (C=O) groups is 1. The highest BCUT2D eigenvalue weighted by molar-refractivity contribution is 6.62. The van der Waals surface area contributed by atoms with Crippen molar-refractivity contribution in [1.82, 2.24) is 10.3 Å². The topological polar surface area (TPSA) is 69.7 Å². The van der Waals surface area contributed by atoms with Crippen LogP contribution in [0.2, 0.25) is 0 Å². The summed E-state index contributed by atoms with van der Waals surface area (Å²) in [6, 6.07) is 3.79. The Kier molecular flexibility index (Phi) is 5.21. The average molecular weight is 362 g/mol. The largest absolute Gasteiger partial charge is 0.496 e. The summed E-state index contributed by atoms with van der Waals surface area (Å²) in [5.74, 6) is 0. The second kappa shape index (κ2) is 6.53. The van der Waals surface area contributed by atoms with Gasteiger partial charge in [-0.2, -0.15) is 0 Å². The van der Waals surface area contributed by atoms with Crippen LogP contribution in [-0.2, 0) is 19.6 Å². The molecule has 0 aliphatic carbocycles. The van der Waals surface area contributed by atoms with Crippen LogP contribution in [0.25, 0.3) is 0 Å². The number of amides is 1. The normalized spacial score (nSPS) is 19.3. The standard InChI is InChI=1S/C19H31BN2O4/c1-16(2,3)24-15(23)22-17(4,5)14-11-10-13(12-21-14)20-25-18(6,7)19(8,9)26-20/h10-12H,1-9H3,(H,22,23). The smallest absolute Gasteiger partial charge is 0.444 e. The Balaban J connectivity index is 2.10. The minimum Gasteiger partial charge on any atom is -0.444 e. The van der Waals surface area contributed by atoms with Crippen LogP contribution in [0.5, 0.6) is 0 Å². The summed E-state index contributed by atoms with van der Waals surface area (Å²) in [5, 5.41) is 2.86. The van der Waals surface area contributed by atoms with E-state index in [1.54, 1.807) is 6.20 Å². The maximum Gasteiger partial charge on any atom is 0.496 e. The molecule has 6 nitrogen and oxygen atoms in total. The molecule has 1 aliphatic heterocycles. The van der Waals surface area contributed by atoms with E-state index in [9.17, 15) is 4.79 Å². The van der Waals surface area contributed by atoms with E-state index in [0.717, 1.165) is 11.2 Å². The third-order valence-corrected chi connectivity index (χ3v) is 4.77.